The molecule has 0 saturated carbocycles. The number of carbonyl (C=O) groups excluding carboxylic acids is 1. The Morgan fingerprint density at radius 1 is 1.21 bits per heavy atom. The SMILES string of the molecule is Cc1c(O)cccc1C(=O)Nc1ccc(O)cc1N. The molecule has 2 aromatic rings. The minimum Gasteiger partial charge on any atom is -0.508 e. The van der Waals surface area contributed by atoms with Crippen LogP contribution in [0.5, 0.6) is 11.5 Å². The van der Waals surface area contributed by atoms with Crippen molar-refractivity contribution in [1.82, 2.24) is 0 Å². The molecular formula is C14H14N2O3. The maximum atomic E-state index is 12.1. The van der Waals surface area contributed by atoms with E-state index in [4.69, 9.17) is 5.73 Å². The van der Waals surface area contributed by atoms with Gasteiger partial charge in [-0.15, -0.1) is 0 Å². The van der Waals surface area contributed by atoms with E-state index in [0.29, 0.717) is 16.8 Å². The Morgan fingerprint density at radius 3 is 2.63 bits per heavy atom. The summed E-state index contributed by atoms with van der Waals surface area (Å²) in [4.78, 5) is 12.1. The number of aromatic hydroxyl groups is 2. The van der Waals surface area contributed by atoms with Crippen molar-refractivity contribution in [1.29, 1.82) is 0 Å². The number of nitrogen functional groups attached to an aromatic ring is 1. The summed E-state index contributed by atoms with van der Waals surface area (Å²) in [6.45, 7) is 1.66. The highest BCUT2D eigenvalue weighted by Crippen LogP contribution is 2.25. The van der Waals surface area contributed by atoms with Gasteiger partial charge in [0.1, 0.15) is 11.5 Å². The lowest BCUT2D eigenvalue weighted by Crippen LogP contribution is -2.14. The van der Waals surface area contributed by atoms with Crippen molar-refractivity contribution < 1.29 is 15.0 Å². The number of hydrogen-bond acceptors (Lipinski definition) is 4. The number of benzene rings is 2. The summed E-state index contributed by atoms with van der Waals surface area (Å²) < 4.78 is 0. The van der Waals surface area contributed by atoms with E-state index in [9.17, 15) is 15.0 Å². The van der Waals surface area contributed by atoms with Gasteiger partial charge in [0.15, 0.2) is 0 Å². The fourth-order valence-corrected chi connectivity index (χ4v) is 1.72. The number of nitrogens with one attached hydrogen (secondary N) is 1. The minimum atomic E-state index is -0.370. The van der Waals surface area contributed by atoms with Gasteiger partial charge in [-0.25, -0.2) is 0 Å². The van der Waals surface area contributed by atoms with Gasteiger partial charge in [0, 0.05) is 17.2 Å². The Hall–Kier alpha value is -2.69. The van der Waals surface area contributed by atoms with Gasteiger partial charge in [-0.2, -0.15) is 0 Å². The van der Waals surface area contributed by atoms with Crippen LogP contribution in [0, 0.1) is 6.92 Å². The summed E-state index contributed by atoms with van der Waals surface area (Å²) in [6, 6.07) is 9.02. The van der Waals surface area contributed by atoms with Gasteiger partial charge in [0.2, 0.25) is 0 Å². The van der Waals surface area contributed by atoms with Crippen molar-refractivity contribution in [2.75, 3.05) is 11.1 Å². The molecule has 5 nitrogen and oxygen atoms in total. The number of amides is 1. The summed E-state index contributed by atoms with van der Waals surface area (Å²) in [6.07, 6.45) is 0. The highest BCUT2D eigenvalue weighted by Gasteiger charge is 2.12. The van der Waals surface area contributed by atoms with Crippen molar-refractivity contribution in [3.8, 4) is 11.5 Å². The van der Waals surface area contributed by atoms with E-state index in [1.807, 2.05) is 0 Å². The van der Waals surface area contributed by atoms with Crippen LogP contribution in [0.2, 0.25) is 0 Å². The molecule has 0 heterocycles. The van der Waals surface area contributed by atoms with Crippen molar-refractivity contribution >= 4 is 17.3 Å². The summed E-state index contributed by atoms with van der Waals surface area (Å²) in [5.41, 5.74) is 7.23. The molecule has 98 valence electrons. The summed E-state index contributed by atoms with van der Waals surface area (Å²) >= 11 is 0. The van der Waals surface area contributed by atoms with Crippen molar-refractivity contribution in [3.63, 3.8) is 0 Å². The molecule has 0 aliphatic carbocycles. The maximum Gasteiger partial charge on any atom is 0.256 e. The van der Waals surface area contributed by atoms with Gasteiger partial charge in [0.25, 0.3) is 5.91 Å². The van der Waals surface area contributed by atoms with Crippen LogP contribution in [-0.2, 0) is 0 Å². The highest BCUT2D eigenvalue weighted by molar-refractivity contribution is 6.07. The van der Waals surface area contributed by atoms with Crippen LogP contribution in [0.1, 0.15) is 15.9 Å². The Labute approximate surface area is 110 Å². The summed E-state index contributed by atoms with van der Waals surface area (Å²) in [5, 5.41) is 21.4. The van der Waals surface area contributed by atoms with E-state index in [-0.39, 0.29) is 23.1 Å². The number of anilines is 2. The molecular weight excluding hydrogens is 244 g/mol. The number of phenolic OH excluding ortho intramolecular Hbond substituents is 2. The normalized spacial score (nSPS) is 10.2. The second-order valence-corrected chi connectivity index (χ2v) is 4.18. The monoisotopic (exact) mass is 258 g/mol. The molecule has 5 N–H and O–H groups in total. The molecule has 19 heavy (non-hydrogen) atoms. The van der Waals surface area contributed by atoms with Crippen molar-refractivity contribution in [2.24, 2.45) is 0 Å². The molecule has 0 saturated heterocycles. The molecule has 0 aliphatic rings. The second-order valence-electron chi connectivity index (χ2n) is 4.18. The Balaban J connectivity index is 2.28. The molecule has 0 unspecified atom stereocenters. The van der Waals surface area contributed by atoms with Gasteiger partial charge in [0.05, 0.1) is 11.4 Å². The van der Waals surface area contributed by atoms with Gasteiger partial charge in [-0.3, -0.25) is 4.79 Å². The quantitative estimate of drug-likeness (QED) is 0.490. The molecule has 0 aliphatic heterocycles. The molecule has 5 heteroatoms. The lowest BCUT2D eigenvalue weighted by Gasteiger charge is -2.10. The first-order valence-electron chi connectivity index (χ1n) is 5.67. The van der Waals surface area contributed by atoms with E-state index in [1.165, 1.54) is 24.3 Å². The first-order chi connectivity index (χ1) is 8.99. The average molecular weight is 258 g/mol. The zero-order chi connectivity index (χ0) is 14.0. The number of hydrogen-bond donors (Lipinski definition) is 4. The van der Waals surface area contributed by atoms with Crippen molar-refractivity contribution in [2.45, 2.75) is 6.92 Å². The standard InChI is InChI=1S/C14H14N2O3/c1-8-10(3-2-4-13(8)18)14(19)16-12-6-5-9(17)7-11(12)15/h2-7,17-18H,15H2,1H3,(H,16,19). The predicted molar refractivity (Wildman–Crippen MR) is 73.3 cm³/mol. The molecule has 0 bridgehead atoms. The van der Waals surface area contributed by atoms with E-state index < -0.39 is 0 Å². The fourth-order valence-electron chi connectivity index (χ4n) is 1.72. The molecule has 2 rings (SSSR count). The fraction of sp³-hybridized carbons (Fsp3) is 0.0714. The van der Waals surface area contributed by atoms with E-state index in [0.717, 1.165) is 0 Å². The van der Waals surface area contributed by atoms with Crippen molar-refractivity contribution in [3.05, 3.63) is 47.5 Å². The highest BCUT2D eigenvalue weighted by atomic mass is 16.3. The zero-order valence-electron chi connectivity index (χ0n) is 10.3. The average Bonchev–Trinajstić information content (AvgIpc) is 2.36. The lowest BCUT2D eigenvalue weighted by molar-refractivity contribution is 0.102. The predicted octanol–water partition coefficient (Wildman–Crippen LogP) is 2.24. The van der Waals surface area contributed by atoms with Crippen LogP contribution in [0.25, 0.3) is 0 Å². The molecule has 2 aromatic carbocycles. The number of rotatable bonds is 2. The Kier molecular flexibility index (Phi) is 3.29. The number of nitrogens with two attached hydrogens (primary N) is 1. The topological polar surface area (TPSA) is 95.6 Å². The number of phenols is 2. The Morgan fingerprint density at radius 2 is 1.95 bits per heavy atom. The Bertz CT molecular complexity index is 639. The van der Waals surface area contributed by atoms with Gasteiger partial charge in [-0.05, 0) is 31.2 Å². The zero-order valence-corrected chi connectivity index (χ0v) is 10.3. The van der Waals surface area contributed by atoms with Gasteiger partial charge < -0.3 is 21.3 Å². The van der Waals surface area contributed by atoms with Gasteiger partial charge in [-0.1, -0.05) is 6.07 Å². The molecule has 0 fully saturated rings. The molecule has 1 amide bonds. The lowest BCUT2D eigenvalue weighted by atomic mass is 10.1. The first-order valence-corrected chi connectivity index (χ1v) is 5.67. The van der Waals surface area contributed by atoms with E-state index in [2.05, 4.69) is 5.32 Å². The number of carbonyl (C=O) groups is 1. The van der Waals surface area contributed by atoms with Crippen LogP contribution in [0.3, 0.4) is 0 Å². The molecule has 0 aromatic heterocycles. The largest absolute Gasteiger partial charge is 0.508 e. The summed E-state index contributed by atoms with van der Waals surface area (Å²) in [7, 11) is 0. The molecule has 0 atom stereocenters. The van der Waals surface area contributed by atoms with E-state index in [1.54, 1.807) is 19.1 Å². The third-order valence-electron chi connectivity index (χ3n) is 2.83. The third-order valence-corrected chi connectivity index (χ3v) is 2.83. The molecule has 0 spiro atoms. The van der Waals surface area contributed by atoms with E-state index >= 15 is 0 Å². The van der Waals surface area contributed by atoms with Crippen LogP contribution >= 0.6 is 0 Å². The van der Waals surface area contributed by atoms with Crippen LogP contribution in [-0.4, -0.2) is 16.1 Å². The third kappa shape index (κ3) is 2.60. The van der Waals surface area contributed by atoms with Gasteiger partial charge >= 0.3 is 0 Å². The second kappa shape index (κ2) is 4.89. The smallest absolute Gasteiger partial charge is 0.256 e. The van der Waals surface area contributed by atoms with Crippen LogP contribution in [0.4, 0.5) is 11.4 Å². The minimum absolute atomic E-state index is 0.0315. The van der Waals surface area contributed by atoms with Crippen LogP contribution in [0.15, 0.2) is 36.4 Å². The maximum absolute atomic E-state index is 12.1. The molecule has 0 radical (unpaired) electrons. The first kappa shape index (κ1) is 12.8. The summed E-state index contributed by atoms with van der Waals surface area (Å²) in [5.74, 6) is -0.277. The van der Waals surface area contributed by atoms with Crippen LogP contribution < -0.4 is 11.1 Å².